The van der Waals surface area contributed by atoms with Crippen molar-refractivity contribution in [3.05, 3.63) is 35.4 Å². The van der Waals surface area contributed by atoms with Crippen LogP contribution in [0.2, 0.25) is 0 Å². The first-order valence-corrected chi connectivity index (χ1v) is 9.13. The Labute approximate surface area is 149 Å². The number of alkyl halides is 3. The monoisotopic (exact) mass is 366 g/mol. The van der Waals surface area contributed by atoms with Gasteiger partial charge in [-0.3, -0.25) is 9.59 Å². The standard InChI is InChI=1S/C19H21F3N2O2/c20-19(21,22)14-5-3-13(4-6-14)16(25)24-12-2-10-18(24)9-1-11-23(17(18)26)15-7-8-15/h3-6,15H,1-2,7-12H2. The summed E-state index contributed by atoms with van der Waals surface area (Å²) in [5, 5.41) is 0. The van der Waals surface area contributed by atoms with Gasteiger partial charge in [-0.25, -0.2) is 0 Å². The van der Waals surface area contributed by atoms with Crippen molar-refractivity contribution in [3.8, 4) is 0 Å². The molecular formula is C19H21F3N2O2. The number of piperidine rings is 1. The first-order chi connectivity index (χ1) is 12.3. The van der Waals surface area contributed by atoms with Crippen LogP contribution in [-0.4, -0.2) is 46.3 Å². The molecule has 1 spiro atoms. The normalized spacial score (nSPS) is 26.7. The summed E-state index contributed by atoms with van der Waals surface area (Å²) in [7, 11) is 0. The number of hydrogen-bond acceptors (Lipinski definition) is 2. The zero-order valence-corrected chi connectivity index (χ0v) is 14.4. The molecule has 2 aliphatic heterocycles. The number of nitrogens with zero attached hydrogens (tertiary/aromatic N) is 2. The van der Waals surface area contributed by atoms with Crippen molar-refractivity contribution in [2.45, 2.75) is 56.3 Å². The molecule has 140 valence electrons. The van der Waals surface area contributed by atoms with E-state index in [1.165, 1.54) is 12.1 Å². The molecular weight excluding hydrogens is 345 g/mol. The predicted octanol–water partition coefficient (Wildman–Crippen LogP) is 3.47. The second-order valence-corrected chi connectivity index (χ2v) is 7.50. The summed E-state index contributed by atoms with van der Waals surface area (Å²) in [6.07, 6.45) is 0.502. The van der Waals surface area contributed by atoms with Gasteiger partial charge in [0.2, 0.25) is 5.91 Å². The third-order valence-electron chi connectivity index (χ3n) is 5.83. The average Bonchev–Trinajstić information content (AvgIpc) is 3.37. The summed E-state index contributed by atoms with van der Waals surface area (Å²) in [4.78, 5) is 29.7. The highest BCUT2D eigenvalue weighted by Crippen LogP contribution is 2.42. The third-order valence-corrected chi connectivity index (χ3v) is 5.83. The maximum Gasteiger partial charge on any atom is 0.416 e. The van der Waals surface area contributed by atoms with Crippen LogP contribution in [0.15, 0.2) is 24.3 Å². The van der Waals surface area contributed by atoms with Crippen LogP contribution < -0.4 is 0 Å². The van der Waals surface area contributed by atoms with Gasteiger partial charge < -0.3 is 9.80 Å². The van der Waals surface area contributed by atoms with E-state index in [0.717, 1.165) is 44.4 Å². The summed E-state index contributed by atoms with van der Waals surface area (Å²) in [6, 6.07) is 4.58. The Hall–Kier alpha value is -2.05. The molecule has 1 atom stereocenters. The minimum Gasteiger partial charge on any atom is -0.338 e. The molecule has 1 aromatic rings. The predicted molar refractivity (Wildman–Crippen MR) is 88.4 cm³/mol. The summed E-state index contributed by atoms with van der Waals surface area (Å²) >= 11 is 0. The van der Waals surface area contributed by atoms with Crippen LogP contribution in [0.3, 0.4) is 0 Å². The molecule has 1 saturated carbocycles. The highest BCUT2D eigenvalue weighted by molar-refractivity contribution is 6.00. The zero-order chi connectivity index (χ0) is 18.5. The average molecular weight is 366 g/mol. The molecule has 0 aromatic heterocycles. The number of rotatable bonds is 2. The quantitative estimate of drug-likeness (QED) is 0.804. The summed E-state index contributed by atoms with van der Waals surface area (Å²) in [5.41, 5.74) is -1.38. The van der Waals surface area contributed by atoms with Gasteiger partial charge in [0.25, 0.3) is 5.91 Å². The Bertz CT molecular complexity index is 727. The lowest BCUT2D eigenvalue weighted by molar-refractivity contribution is -0.146. The molecule has 0 bridgehead atoms. The van der Waals surface area contributed by atoms with Crippen molar-refractivity contribution >= 4 is 11.8 Å². The summed E-state index contributed by atoms with van der Waals surface area (Å²) < 4.78 is 38.2. The van der Waals surface area contributed by atoms with Gasteiger partial charge in [-0.2, -0.15) is 13.2 Å². The van der Waals surface area contributed by atoms with Gasteiger partial charge in [0.15, 0.2) is 0 Å². The van der Waals surface area contributed by atoms with Gasteiger partial charge >= 0.3 is 6.18 Å². The SMILES string of the molecule is O=C(c1ccc(C(F)(F)F)cc1)N1CCCC12CCCN(C1CC1)C2=O. The molecule has 26 heavy (non-hydrogen) atoms. The highest BCUT2D eigenvalue weighted by Gasteiger charge is 2.54. The molecule has 2 amide bonds. The van der Waals surface area contributed by atoms with Gasteiger partial charge in [-0.05, 0) is 62.8 Å². The maximum atomic E-state index is 13.1. The fourth-order valence-corrected chi connectivity index (χ4v) is 4.37. The molecule has 4 rings (SSSR count). The van der Waals surface area contributed by atoms with Crippen LogP contribution in [0.25, 0.3) is 0 Å². The van der Waals surface area contributed by atoms with E-state index in [0.29, 0.717) is 25.4 Å². The Kier molecular flexibility index (Phi) is 4.00. The second kappa shape index (κ2) is 5.99. The number of amides is 2. The molecule has 3 aliphatic rings. The number of benzene rings is 1. The van der Waals surface area contributed by atoms with Gasteiger partial charge in [-0.1, -0.05) is 0 Å². The molecule has 1 aromatic carbocycles. The minimum absolute atomic E-state index is 0.0315. The zero-order valence-electron chi connectivity index (χ0n) is 14.4. The van der Waals surface area contributed by atoms with Gasteiger partial charge in [0.1, 0.15) is 5.54 Å². The Balaban J connectivity index is 1.59. The van der Waals surface area contributed by atoms with Gasteiger partial charge in [-0.15, -0.1) is 0 Å². The van der Waals surface area contributed by atoms with Gasteiger partial charge in [0, 0.05) is 24.7 Å². The van der Waals surface area contributed by atoms with Crippen molar-refractivity contribution in [3.63, 3.8) is 0 Å². The van der Waals surface area contributed by atoms with E-state index in [9.17, 15) is 22.8 Å². The molecule has 4 nitrogen and oxygen atoms in total. The van der Waals surface area contributed by atoms with Gasteiger partial charge in [0.05, 0.1) is 5.56 Å². The topological polar surface area (TPSA) is 40.6 Å². The first kappa shape index (κ1) is 17.4. The third kappa shape index (κ3) is 2.77. The molecule has 1 unspecified atom stereocenters. The first-order valence-electron chi connectivity index (χ1n) is 9.13. The largest absolute Gasteiger partial charge is 0.416 e. The lowest BCUT2D eigenvalue weighted by Gasteiger charge is -2.44. The smallest absolute Gasteiger partial charge is 0.338 e. The molecule has 3 fully saturated rings. The van der Waals surface area contributed by atoms with E-state index in [1.807, 2.05) is 4.90 Å². The van der Waals surface area contributed by atoms with Crippen molar-refractivity contribution < 1.29 is 22.8 Å². The number of likely N-dealkylation sites (tertiary alicyclic amines) is 2. The number of carbonyl (C=O) groups is 2. The number of halogens is 3. The lowest BCUT2D eigenvalue weighted by Crippen LogP contribution is -2.61. The molecule has 0 radical (unpaired) electrons. The lowest BCUT2D eigenvalue weighted by atomic mass is 9.85. The summed E-state index contributed by atoms with van der Waals surface area (Å²) in [6.45, 7) is 1.22. The van der Waals surface area contributed by atoms with Crippen LogP contribution in [0.5, 0.6) is 0 Å². The molecule has 7 heteroatoms. The minimum atomic E-state index is -4.43. The van der Waals surface area contributed by atoms with Crippen LogP contribution in [0.1, 0.15) is 54.4 Å². The Morgan fingerprint density at radius 2 is 1.65 bits per heavy atom. The van der Waals surface area contributed by atoms with Crippen LogP contribution in [0.4, 0.5) is 13.2 Å². The maximum absolute atomic E-state index is 13.1. The van der Waals surface area contributed by atoms with E-state index in [2.05, 4.69) is 0 Å². The van der Waals surface area contributed by atoms with Crippen molar-refractivity contribution in [1.29, 1.82) is 0 Å². The molecule has 1 aliphatic carbocycles. The fraction of sp³-hybridized carbons (Fsp3) is 0.579. The van der Waals surface area contributed by atoms with E-state index in [-0.39, 0.29) is 17.4 Å². The Morgan fingerprint density at radius 1 is 1.04 bits per heavy atom. The number of carbonyl (C=O) groups excluding carboxylic acids is 2. The van der Waals surface area contributed by atoms with E-state index >= 15 is 0 Å². The summed E-state index contributed by atoms with van der Waals surface area (Å²) in [5.74, 6) is -0.314. The van der Waals surface area contributed by atoms with Crippen LogP contribution >= 0.6 is 0 Å². The van der Waals surface area contributed by atoms with E-state index in [1.54, 1.807) is 4.90 Å². The van der Waals surface area contributed by atoms with Crippen molar-refractivity contribution in [2.75, 3.05) is 13.1 Å². The second-order valence-electron chi connectivity index (χ2n) is 7.50. The highest BCUT2D eigenvalue weighted by atomic mass is 19.4. The Morgan fingerprint density at radius 3 is 2.23 bits per heavy atom. The number of hydrogen-bond donors (Lipinski definition) is 0. The van der Waals surface area contributed by atoms with Crippen LogP contribution in [0, 0.1) is 0 Å². The molecule has 2 heterocycles. The van der Waals surface area contributed by atoms with E-state index < -0.39 is 17.3 Å². The fourth-order valence-electron chi connectivity index (χ4n) is 4.37. The van der Waals surface area contributed by atoms with Crippen LogP contribution in [-0.2, 0) is 11.0 Å². The van der Waals surface area contributed by atoms with Crippen molar-refractivity contribution in [2.24, 2.45) is 0 Å². The van der Waals surface area contributed by atoms with Crippen molar-refractivity contribution in [1.82, 2.24) is 9.80 Å². The molecule has 2 saturated heterocycles. The molecule has 0 N–H and O–H groups in total. The van der Waals surface area contributed by atoms with E-state index in [4.69, 9.17) is 0 Å².